The molecule has 3 aromatic rings. The number of sulfone groups is 1. The molecule has 1 aliphatic rings. The molecule has 1 amide bonds. The lowest BCUT2D eigenvalue weighted by molar-refractivity contribution is -0.131. The minimum Gasteiger partial charge on any atom is -0.368 e. The first-order valence-corrected chi connectivity index (χ1v) is 11.5. The Labute approximate surface area is 175 Å². The van der Waals surface area contributed by atoms with Crippen LogP contribution in [-0.4, -0.2) is 61.5 Å². The maximum atomic E-state index is 12.7. The maximum absolute atomic E-state index is 12.7. The van der Waals surface area contributed by atoms with Gasteiger partial charge < -0.3 is 9.80 Å². The summed E-state index contributed by atoms with van der Waals surface area (Å²) >= 11 is 0. The summed E-state index contributed by atoms with van der Waals surface area (Å²) in [6.07, 6.45) is -0.0620. The van der Waals surface area contributed by atoms with Gasteiger partial charge in [-0.15, -0.1) is 0 Å². The van der Waals surface area contributed by atoms with E-state index in [1.165, 1.54) is 22.9 Å². The third-order valence-electron chi connectivity index (χ3n) is 5.72. The van der Waals surface area contributed by atoms with Gasteiger partial charge in [0.15, 0.2) is 15.4 Å². The first-order valence-electron chi connectivity index (χ1n) is 9.90. The van der Waals surface area contributed by atoms with Crippen molar-refractivity contribution < 1.29 is 17.8 Å². The van der Waals surface area contributed by atoms with E-state index in [4.69, 9.17) is 0 Å². The second-order valence-electron chi connectivity index (χ2n) is 7.54. The van der Waals surface area contributed by atoms with Crippen LogP contribution in [0.25, 0.3) is 11.0 Å². The number of fused-ring (bicyclic) bond motifs is 1. The van der Waals surface area contributed by atoms with Crippen LogP contribution in [0.5, 0.6) is 0 Å². The van der Waals surface area contributed by atoms with Crippen molar-refractivity contribution in [2.45, 2.75) is 25.2 Å². The van der Waals surface area contributed by atoms with Gasteiger partial charge in [-0.3, -0.25) is 4.79 Å². The second kappa shape index (κ2) is 8.06. The van der Waals surface area contributed by atoms with Crippen molar-refractivity contribution in [2.24, 2.45) is 0 Å². The molecule has 9 heteroatoms. The van der Waals surface area contributed by atoms with E-state index < -0.39 is 9.84 Å². The Morgan fingerprint density at radius 2 is 1.77 bits per heavy atom. The van der Waals surface area contributed by atoms with Crippen LogP contribution in [-0.2, 0) is 14.6 Å². The van der Waals surface area contributed by atoms with Crippen LogP contribution in [0.15, 0.2) is 45.9 Å². The highest BCUT2D eigenvalue weighted by Gasteiger charge is 2.26. The highest BCUT2D eigenvalue weighted by Crippen LogP contribution is 2.25. The molecule has 0 unspecified atom stereocenters. The first kappa shape index (κ1) is 20.3. The van der Waals surface area contributed by atoms with Crippen LogP contribution in [0.4, 0.5) is 5.69 Å². The Morgan fingerprint density at radius 1 is 1.03 bits per heavy atom. The average Bonchev–Trinajstić information content (AvgIpc) is 3.23. The summed E-state index contributed by atoms with van der Waals surface area (Å²) < 4.78 is 30.1. The van der Waals surface area contributed by atoms with Gasteiger partial charge in [0, 0.05) is 38.3 Å². The van der Waals surface area contributed by atoms with Crippen molar-refractivity contribution in [1.29, 1.82) is 0 Å². The second-order valence-corrected chi connectivity index (χ2v) is 9.62. The summed E-state index contributed by atoms with van der Waals surface area (Å²) in [5.74, 6) is -0.417. The van der Waals surface area contributed by atoms with Gasteiger partial charge in [0.2, 0.25) is 5.91 Å². The first-order chi connectivity index (χ1) is 14.4. The fourth-order valence-corrected chi connectivity index (χ4v) is 5.18. The molecule has 1 saturated heterocycles. The number of rotatable bonds is 5. The van der Waals surface area contributed by atoms with Crippen LogP contribution in [0.3, 0.4) is 0 Å². The summed E-state index contributed by atoms with van der Waals surface area (Å²) in [5.41, 5.74) is 4.27. The SMILES string of the molecule is Cc1cccc(N2CCN(C(=O)CCS(=O)(=O)c3cccc4nonc34)CC2)c1C. The smallest absolute Gasteiger partial charge is 0.223 e. The predicted octanol–water partition coefficient (Wildman–Crippen LogP) is 2.35. The topological polar surface area (TPSA) is 96.6 Å². The van der Waals surface area contributed by atoms with Gasteiger partial charge in [-0.2, -0.15) is 0 Å². The molecule has 0 aliphatic carbocycles. The van der Waals surface area contributed by atoms with Crippen molar-refractivity contribution >= 4 is 32.5 Å². The summed E-state index contributed by atoms with van der Waals surface area (Å²) in [7, 11) is -3.68. The summed E-state index contributed by atoms with van der Waals surface area (Å²) in [6.45, 7) is 6.82. The summed E-state index contributed by atoms with van der Waals surface area (Å²) in [6, 6.07) is 10.9. The number of carbonyl (C=O) groups is 1. The van der Waals surface area contributed by atoms with E-state index in [-0.39, 0.29) is 28.5 Å². The molecule has 0 radical (unpaired) electrons. The molecule has 2 heterocycles. The monoisotopic (exact) mass is 428 g/mol. The van der Waals surface area contributed by atoms with Gasteiger partial charge in [-0.05, 0) is 53.5 Å². The Kier molecular flexibility index (Phi) is 5.46. The fraction of sp³-hybridized carbons (Fsp3) is 0.381. The highest BCUT2D eigenvalue weighted by atomic mass is 32.2. The van der Waals surface area contributed by atoms with Gasteiger partial charge >= 0.3 is 0 Å². The molecule has 1 fully saturated rings. The molecule has 30 heavy (non-hydrogen) atoms. The van der Waals surface area contributed by atoms with E-state index >= 15 is 0 Å². The van der Waals surface area contributed by atoms with E-state index in [9.17, 15) is 13.2 Å². The molecule has 0 atom stereocenters. The number of carbonyl (C=O) groups excluding carboxylic acids is 1. The number of amides is 1. The number of piperazine rings is 1. The minimum atomic E-state index is -3.68. The number of hydrogen-bond acceptors (Lipinski definition) is 7. The maximum Gasteiger partial charge on any atom is 0.223 e. The van der Waals surface area contributed by atoms with Crippen molar-refractivity contribution in [1.82, 2.24) is 15.2 Å². The van der Waals surface area contributed by atoms with E-state index in [1.807, 2.05) is 6.07 Å². The minimum absolute atomic E-state index is 0.0498. The molecule has 2 aromatic carbocycles. The van der Waals surface area contributed by atoms with Crippen LogP contribution < -0.4 is 4.90 Å². The lowest BCUT2D eigenvalue weighted by Crippen LogP contribution is -2.49. The lowest BCUT2D eigenvalue weighted by Gasteiger charge is -2.37. The van der Waals surface area contributed by atoms with Crippen LogP contribution in [0.1, 0.15) is 17.5 Å². The molecule has 1 aliphatic heterocycles. The Hall–Kier alpha value is -2.94. The number of aromatic nitrogens is 2. The number of hydrogen-bond donors (Lipinski definition) is 0. The molecular weight excluding hydrogens is 404 g/mol. The molecule has 0 spiro atoms. The Bertz CT molecular complexity index is 1180. The number of aryl methyl sites for hydroxylation is 1. The molecule has 4 rings (SSSR count). The zero-order valence-corrected chi connectivity index (χ0v) is 17.9. The molecule has 8 nitrogen and oxygen atoms in total. The summed E-state index contributed by atoms with van der Waals surface area (Å²) in [4.78, 5) is 16.7. The van der Waals surface area contributed by atoms with E-state index in [0.717, 1.165) is 13.1 Å². The Morgan fingerprint density at radius 3 is 2.53 bits per heavy atom. The summed E-state index contributed by atoms with van der Waals surface area (Å²) in [5, 5.41) is 7.36. The number of benzene rings is 2. The number of nitrogens with zero attached hydrogens (tertiary/aromatic N) is 4. The van der Waals surface area contributed by atoms with Gasteiger partial charge in [0.05, 0.1) is 10.6 Å². The van der Waals surface area contributed by atoms with E-state index in [2.05, 4.69) is 45.8 Å². The molecule has 1 aromatic heterocycles. The molecular formula is C21H24N4O4S. The van der Waals surface area contributed by atoms with Gasteiger partial charge in [0.25, 0.3) is 0 Å². The zero-order valence-electron chi connectivity index (χ0n) is 17.0. The quantitative estimate of drug-likeness (QED) is 0.615. The number of anilines is 1. The van der Waals surface area contributed by atoms with Crippen molar-refractivity contribution in [3.8, 4) is 0 Å². The molecule has 0 N–H and O–H groups in total. The normalized spacial score (nSPS) is 15.0. The largest absolute Gasteiger partial charge is 0.368 e. The van der Waals surface area contributed by atoms with Crippen molar-refractivity contribution in [2.75, 3.05) is 36.8 Å². The van der Waals surface area contributed by atoms with E-state index in [0.29, 0.717) is 18.6 Å². The van der Waals surface area contributed by atoms with Crippen LogP contribution in [0.2, 0.25) is 0 Å². The lowest BCUT2D eigenvalue weighted by atomic mass is 10.1. The molecule has 0 saturated carbocycles. The van der Waals surface area contributed by atoms with Gasteiger partial charge in [0.1, 0.15) is 5.52 Å². The predicted molar refractivity (Wildman–Crippen MR) is 113 cm³/mol. The van der Waals surface area contributed by atoms with Gasteiger partial charge in [-0.25, -0.2) is 13.0 Å². The van der Waals surface area contributed by atoms with Crippen molar-refractivity contribution in [3.05, 3.63) is 47.5 Å². The standard InChI is InChI=1S/C21H24N4O4S/c1-15-5-3-7-18(16(15)2)24-10-12-25(13-11-24)20(26)9-14-30(27,28)19-8-4-6-17-21(19)23-29-22-17/h3-8H,9-14H2,1-2H3. The highest BCUT2D eigenvalue weighted by molar-refractivity contribution is 7.91. The zero-order chi connectivity index (χ0) is 21.3. The Balaban J connectivity index is 1.37. The molecule has 158 valence electrons. The fourth-order valence-electron chi connectivity index (χ4n) is 3.80. The van der Waals surface area contributed by atoms with Crippen LogP contribution in [0, 0.1) is 13.8 Å². The third kappa shape index (κ3) is 3.89. The average molecular weight is 429 g/mol. The third-order valence-corrected chi connectivity index (χ3v) is 7.46. The molecule has 0 bridgehead atoms. The van der Waals surface area contributed by atoms with Gasteiger partial charge in [-0.1, -0.05) is 18.2 Å². The van der Waals surface area contributed by atoms with Crippen molar-refractivity contribution in [3.63, 3.8) is 0 Å². The van der Waals surface area contributed by atoms with Crippen LogP contribution >= 0.6 is 0 Å². The van der Waals surface area contributed by atoms with E-state index in [1.54, 1.807) is 17.0 Å².